The summed E-state index contributed by atoms with van der Waals surface area (Å²) in [6.45, 7) is 13.6. The van der Waals surface area contributed by atoms with Gasteiger partial charge in [0.1, 0.15) is 12.2 Å². The second-order valence-electron chi connectivity index (χ2n) is 12.4. The van der Waals surface area contributed by atoms with Gasteiger partial charge in [-0.05, 0) is 20.3 Å². The maximum Gasteiger partial charge on any atom is 0.307 e. The standard InChI is InChI=1S/C30H54N2O6/c1-7-8-9-10-11-12-13-14-15-23(2)28(35)32-20-17-24(18-21-32)37-25(33)16-19-31-27(34)26-29(3,4)22-36-30(5,6)38-26/h23-24,26H,7-22H2,1-6H3,(H,31,34). The number of likely N-dealkylation sites (tertiary alicyclic amines) is 1. The molecule has 0 aliphatic carbocycles. The van der Waals surface area contributed by atoms with Crippen molar-refractivity contribution in [3.63, 3.8) is 0 Å². The average molecular weight is 539 g/mol. The third-order valence-corrected chi connectivity index (χ3v) is 7.73. The Kier molecular flexibility index (Phi) is 13.5. The molecule has 2 amide bonds. The fourth-order valence-corrected chi connectivity index (χ4v) is 5.16. The summed E-state index contributed by atoms with van der Waals surface area (Å²) in [4.78, 5) is 39.8. The Labute approximate surface area is 230 Å². The van der Waals surface area contributed by atoms with Crippen LogP contribution in [0.4, 0.5) is 0 Å². The van der Waals surface area contributed by atoms with Crippen LogP contribution in [0.3, 0.4) is 0 Å². The summed E-state index contributed by atoms with van der Waals surface area (Å²) in [5, 5.41) is 2.81. The largest absolute Gasteiger partial charge is 0.462 e. The third kappa shape index (κ3) is 11.2. The van der Waals surface area contributed by atoms with Gasteiger partial charge in [-0.3, -0.25) is 14.4 Å². The van der Waals surface area contributed by atoms with Crippen molar-refractivity contribution in [2.24, 2.45) is 11.3 Å². The van der Waals surface area contributed by atoms with E-state index < -0.39 is 17.3 Å². The lowest BCUT2D eigenvalue weighted by molar-refractivity contribution is -0.304. The molecule has 220 valence electrons. The normalized spacial score (nSPS) is 22.1. The van der Waals surface area contributed by atoms with E-state index in [0.717, 1.165) is 12.8 Å². The van der Waals surface area contributed by atoms with E-state index in [2.05, 4.69) is 12.2 Å². The quantitative estimate of drug-likeness (QED) is 0.222. The van der Waals surface area contributed by atoms with Crippen molar-refractivity contribution in [1.29, 1.82) is 0 Å². The smallest absolute Gasteiger partial charge is 0.307 e. The molecule has 0 aromatic carbocycles. The van der Waals surface area contributed by atoms with Gasteiger partial charge in [0.15, 0.2) is 5.79 Å². The summed E-state index contributed by atoms with van der Waals surface area (Å²) >= 11 is 0. The van der Waals surface area contributed by atoms with E-state index in [1.807, 2.05) is 25.7 Å². The zero-order chi connectivity index (χ0) is 28.2. The number of ether oxygens (including phenoxy) is 3. The van der Waals surface area contributed by atoms with Gasteiger partial charge in [0, 0.05) is 43.8 Å². The first-order valence-corrected chi connectivity index (χ1v) is 15.0. The number of esters is 1. The molecule has 38 heavy (non-hydrogen) atoms. The summed E-state index contributed by atoms with van der Waals surface area (Å²) in [5.74, 6) is -1.12. The molecule has 2 aliphatic rings. The zero-order valence-electron chi connectivity index (χ0n) is 24.9. The van der Waals surface area contributed by atoms with Crippen LogP contribution in [-0.2, 0) is 28.6 Å². The Morgan fingerprint density at radius 2 is 1.58 bits per heavy atom. The van der Waals surface area contributed by atoms with Crippen molar-refractivity contribution < 1.29 is 28.6 Å². The number of piperidine rings is 1. The molecular weight excluding hydrogens is 484 g/mol. The highest BCUT2D eigenvalue weighted by Gasteiger charge is 2.45. The number of carbonyl (C=O) groups excluding carboxylic acids is 3. The van der Waals surface area contributed by atoms with Gasteiger partial charge in [0.25, 0.3) is 0 Å². The second kappa shape index (κ2) is 15.8. The van der Waals surface area contributed by atoms with Crippen molar-refractivity contribution in [3.05, 3.63) is 0 Å². The summed E-state index contributed by atoms with van der Waals surface area (Å²) < 4.78 is 17.1. The molecule has 2 fully saturated rings. The first-order valence-electron chi connectivity index (χ1n) is 15.0. The fourth-order valence-electron chi connectivity index (χ4n) is 5.16. The second-order valence-corrected chi connectivity index (χ2v) is 12.4. The molecule has 0 aromatic heterocycles. The predicted molar refractivity (Wildman–Crippen MR) is 148 cm³/mol. The number of amides is 2. The number of hydrogen-bond acceptors (Lipinski definition) is 6. The van der Waals surface area contributed by atoms with Gasteiger partial charge in [0.05, 0.1) is 13.0 Å². The van der Waals surface area contributed by atoms with Crippen LogP contribution in [0.5, 0.6) is 0 Å². The van der Waals surface area contributed by atoms with Gasteiger partial charge in [-0.2, -0.15) is 0 Å². The van der Waals surface area contributed by atoms with Crippen molar-refractivity contribution in [2.45, 2.75) is 137 Å². The van der Waals surface area contributed by atoms with E-state index in [1.54, 1.807) is 13.8 Å². The zero-order valence-corrected chi connectivity index (χ0v) is 24.9. The summed E-state index contributed by atoms with van der Waals surface area (Å²) in [6, 6.07) is 0. The van der Waals surface area contributed by atoms with Crippen molar-refractivity contribution in [3.8, 4) is 0 Å². The third-order valence-electron chi connectivity index (χ3n) is 7.73. The number of nitrogens with zero attached hydrogens (tertiary/aromatic N) is 1. The number of rotatable bonds is 15. The Morgan fingerprint density at radius 1 is 0.974 bits per heavy atom. The van der Waals surface area contributed by atoms with Gasteiger partial charge in [-0.15, -0.1) is 0 Å². The van der Waals surface area contributed by atoms with Crippen LogP contribution >= 0.6 is 0 Å². The van der Waals surface area contributed by atoms with E-state index in [1.165, 1.54) is 44.9 Å². The molecule has 0 aromatic rings. The number of nitrogens with one attached hydrogen (secondary N) is 1. The van der Waals surface area contributed by atoms with Crippen LogP contribution in [-0.4, -0.2) is 66.9 Å². The number of carbonyl (C=O) groups is 3. The van der Waals surface area contributed by atoms with Gasteiger partial charge in [-0.25, -0.2) is 0 Å². The topological polar surface area (TPSA) is 94.2 Å². The van der Waals surface area contributed by atoms with Crippen molar-refractivity contribution in [2.75, 3.05) is 26.2 Å². The summed E-state index contributed by atoms with van der Waals surface area (Å²) in [6.07, 6.45) is 11.7. The average Bonchev–Trinajstić information content (AvgIpc) is 2.87. The van der Waals surface area contributed by atoms with Gasteiger partial charge in [-0.1, -0.05) is 79.1 Å². The molecule has 2 heterocycles. The van der Waals surface area contributed by atoms with E-state index >= 15 is 0 Å². The van der Waals surface area contributed by atoms with Gasteiger partial charge in [0.2, 0.25) is 11.8 Å². The molecule has 0 bridgehead atoms. The highest BCUT2D eigenvalue weighted by Crippen LogP contribution is 2.34. The molecule has 2 unspecified atom stereocenters. The lowest BCUT2D eigenvalue weighted by Crippen LogP contribution is -2.56. The molecule has 1 N–H and O–H groups in total. The molecule has 2 aliphatic heterocycles. The summed E-state index contributed by atoms with van der Waals surface area (Å²) in [7, 11) is 0. The lowest BCUT2D eigenvalue weighted by atomic mass is 9.85. The highest BCUT2D eigenvalue weighted by molar-refractivity contribution is 5.82. The molecule has 0 spiro atoms. The van der Waals surface area contributed by atoms with Crippen LogP contribution in [0.2, 0.25) is 0 Å². The van der Waals surface area contributed by atoms with Crippen LogP contribution in [0.25, 0.3) is 0 Å². The van der Waals surface area contributed by atoms with E-state index in [-0.39, 0.29) is 42.8 Å². The maximum absolute atomic E-state index is 12.8. The minimum Gasteiger partial charge on any atom is -0.462 e. The van der Waals surface area contributed by atoms with E-state index in [4.69, 9.17) is 14.2 Å². The highest BCUT2D eigenvalue weighted by atomic mass is 16.7. The SMILES string of the molecule is CCCCCCCCCCC(C)C(=O)N1CCC(OC(=O)CCNC(=O)C2OC(C)(C)OCC2(C)C)CC1. The van der Waals surface area contributed by atoms with Crippen LogP contribution in [0.15, 0.2) is 0 Å². The molecule has 2 rings (SSSR count). The van der Waals surface area contributed by atoms with E-state index in [0.29, 0.717) is 32.5 Å². The molecule has 0 radical (unpaired) electrons. The minimum atomic E-state index is -0.821. The van der Waals surface area contributed by atoms with Crippen LogP contribution < -0.4 is 5.32 Å². The first kappa shape index (κ1) is 32.5. The molecular formula is C30H54N2O6. The molecule has 8 nitrogen and oxygen atoms in total. The molecule has 2 atom stereocenters. The fraction of sp³-hybridized carbons (Fsp3) is 0.900. The van der Waals surface area contributed by atoms with Gasteiger partial charge < -0.3 is 24.4 Å². The van der Waals surface area contributed by atoms with Crippen molar-refractivity contribution in [1.82, 2.24) is 10.2 Å². The monoisotopic (exact) mass is 538 g/mol. The minimum absolute atomic E-state index is 0.0491. The van der Waals surface area contributed by atoms with Crippen LogP contribution in [0, 0.1) is 11.3 Å². The number of hydrogen-bond donors (Lipinski definition) is 1. The maximum atomic E-state index is 12.8. The Bertz CT molecular complexity index is 745. The predicted octanol–water partition coefficient (Wildman–Crippen LogP) is 5.37. The number of unbranched alkanes of at least 4 members (excludes halogenated alkanes) is 7. The molecule has 0 saturated carbocycles. The summed E-state index contributed by atoms with van der Waals surface area (Å²) in [5.41, 5.74) is -0.461. The first-order chi connectivity index (χ1) is 17.9. The molecule has 8 heteroatoms. The van der Waals surface area contributed by atoms with Crippen LogP contribution in [0.1, 0.15) is 119 Å². The lowest BCUT2D eigenvalue weighted by Gasteiger charge is -2.44. The van der Waals surface area contributed by atoms with Crippen molar-refractivity contribution >= 4 is 17.8 Å². The molecule has 2 saturated heterocycles. The van der Waals surface area contributed by atoms with Gasteiger partial charge >= 0.3 is 5.97 Å². The Morgan fingerprint density at radius 3 is 2.21 bits per heavy atom. The Hall–Kier alpha value is -1.67. The van der Waals surface area contributed by atoms with E-state index in [9.17, 15) is 14.4 Å². The Balaban J connectivity index is 1.59.